The fourth-order valence-electron chi connectivity index (χ4n) is 2.72. The molecule has 102 valence electrons. The molecule has 1 N–H and O–H groups in total. The van der Waals surface area contributed by atoms with E-state index in [9.17, 15) is 4.39 Å². The van der Waals surface area contributed by atoms with Gasteiger partial charge in [-0.3, -0.25) is 4.90 Å². The highest BCUT2D eigenvalue weighted by Crippen LogP contribution is 2.27. The molecule has 0 aliphatic carbocycles. The van der Waals surface area contributed by atoms with Gasteiger partial charge in [0.1, 0.15) is 5.82 Å². The minimum absolute atomic E-state index is 0.225. The van der Waals surface area contributed by atoms with Crippen molar-refractivity contribution in [3.05, 3.63) is 24.0 Å². The molecule has 1 aromatic heterocycles. The molecule has 2 aromatic rings. The van der Waals surface area contributed by atoms with Crippen molar-refractivity contribution in [2.45, 2.75) is 25.8 Å². The van der Waals surface area contributed by atoms with Crippen LogP contribution in [0, 0.1) is 5.82 Å². The zero-order valence-corrected chi connectivity index (χ0v) is 11.8. The molecule has 0 bridgehead atoms. The summed E-state index contributed by atoms with van der Waals surface area (Å²) in [6, 6.07) is 5.38. The second-order valence-corrected chi connectivity index (χ2v) is 5.97. The van der Waals surface area contributed by atoms with Crippen molar-refractivity contribution in [1.82, 2.24) is 9.88 Å². The molecular weight excluding hydrogens is 261 g/mol. The summed E-state index contributed by atoms with van der Waals surface area (Å²) in [6.07, 6.45) is 2.53. The van der Waals surface area contributed by atoms with Gasteiger partial charge in [0.2, 0.25) is 0 Å². The fourth-order valence-corrected chi connectivity index (χ4v) is 3.58. The van der Waals surface area contributed by atoms with Crippen LogP contribution >= 0.6 is 11.3 Å². The highest BCUT2D eigenvalue weighted by molar-refractivity contribution is 7.22. The van der Waals surface area contributed by atoms with Gasteiger partial charge in [-0.05, 0) is 38.1 Å². The molecule has 2 heterocycles. The van der Waals surface area contributed by atoms with Gasteiger partial charge in [0.25, 0.3) is 0 Å². The molecule has 1 saturated heterocycles. The molecular formula is C14H18FN3S. The average molecular weight is 279 g/mol. The Labute approximate surface area is 116 Å². The lowest BCUT2D eigenvalue weighted by molar-refractivity contribution is 0.277. The standard InChI is InChI=1S/C14H18FN3S/c1-2-18-7-3-4-11(18)9-16-14-17-12-8-10(15)5-6-13(12)19-14/h5-6,8,11H,2-4,7,9H2,1H3,(H,16,17). The molecule has 1 atom stereocenters. The first-order valence-corrected chi connectivity index (χ1v) is 7.62. The summed E-state index contributed by atoms with van der Waals surface area (Å²) in [7, 11) is 0. The predicted molar refractivity (Wildman–Crippen MR) is 78.3 cm³/mol. The van der Waals surface area contributed by atoms with Crippen LogP contribution in [0.25, 0.3) is 10.2 Å². The van der Waals surface area contributed by atoms with Gasteiger partial charge in [0.15, 0.2) is 5.13 Å². The number of nitrogens with one attached hydrogen (secondary N) is 1. The van der Waals surface area contributed by atoms with Crippen molar-refractivity contribution in [3.8, 4) is 0 Å². The molecule has 1 aliphatic heterocycles. The van der Waals surface area contributed by atoms with E-state index in [-0.39, 0.29) is 5.82 Å². The van der Waals surface area contributed by atoms with Crippen LogP contribution in [-0.4, -0.2) is 35.6 Å². The van der Waals surface area contributed by atoms with Crippen molar-refractivity contribution in [1.29, 1.82) is 0 Å². The molecule has 1 unspecified atom stereocenters. The average Bonchev–Trinajstić information content (AvgIpc) is 3.01. The van der Waals surface area contributed by atoms with Crippen LogP contribution in [0.4, 0.5) is 9.52 Å². The highest BCUT2D eigenvalue weighted by atomic mass is 32.1. The number of hydrogen-bond donors (Lipinski definition) is 1. The van der Waals surface area contributed by atoms with E-state index in [0.29, 0.717) is 6.04 Å². The Hall–Kier alpha value is -1.20. The molecule has 1 fully saturated rings. The SMILES string of the molecule is CCN1CCCC1CNc1nc2cc(F)ccc2s1. The summed E-state index contributed by atoms with van der Waals surface area (Å²) in [6.45, 7) is 5.44. The van der Waals surface area contributed by atoms with Crippen LogP contribution in [0.5, 0.6) is 0 Å². The Kier molecular flexibility index (Phi) is 3.66. The first kappa shape index (κ1) is 12.8. The third kappa shape index (κ3) is 2.72. The Bertz CT molecular complexity index is 569. The van der Waals surface area contributed by atoms with Crippen molar-refractivity contribution in [3.63, 3.8) is 0 Å². The predicted octanol–water partition coefficient (Wildman–Crippen LogP) is 3.33. The molecule has 1 aliphatic rings. The molecule has 0 spiro atoms. The number of likely N-dealkylation sites (N-methyl/N-ethyl adjacent to an activating group) is 1. The van der Waals surface area contributed by atoms with Crippen molar-refractivity contribution >= 4 is 26.7 Å². The summed E-state index contributed by atoms with van der Waals surface area (Å²) in [5.41, 5.74) is 0.742. The highest BCUT2D eigenvalue weighted by Gasteiger charge is 2.22. The lowest BCUT2D eigenvalue weighted by Gasteiger charge is -2.22. The molecule has 3 rings (SSSR count). The molecule has 0 saturated carbocycles. The maximum atomic E-state index is 13.1. The van der Waals surface area contributed by atoms with Gasteiger partial charge in [-0.25, -0.2) is 9.37 Å². The number of halogens is 1. The Morgan fingerprint density at radius 3 is 3.26 bits per heavy atom. The van der Waals surface area contributed by atoms with E-state index in [1.165, 1.54) is 31.5 Å². The van der Waals surface area contributed by atoms with Gasteiger partial charge < -0.3 is 5.32 Å². The van der Waals surface area contributed by atoms with Crippen LogP contribution in [0.1, 0.15) is 19.8 Å². The third-order valence-electron chi connectivity index (χ3n) is 3.74. The Balaban J connectivity index is 1.68. The van der Waals surface area contributed by atoms with E-state index < -0.39 is 0 Å². The van der Waals surface area contributed by atoms with E-state index in [1.807, 2.05) is 0 Å². The summed E-state index contributed by atoms with van der Waals surface area (Å²) < 4.78 is 14.1. The van der Waals surface area contributed by atoms with Gasteiger partial charge in [-0.2, -0.15) is 0 Å². The molecule has 0 radical (unpaired) electrons. The topological polar surface area (TPSA) is 28.2 Å². The van der Waals surface area contributed by atoms with Crippen LogP contribution in [-0.2, 0) is 0 Å². The van der Waals surface area contributed by atoms with Crippen LogP contribution in [0.3, 0.4) is 0 Å². The molecule has 1 aromatic carbocycles. The van der Waals surface area contributed by atoms with Gasteiger partial charge in [-0.1, -0.05) is 18.3 Å². The number of thiazole rings is 1. The lowest BCUT2D eigenvalue weighted by Crippen LogP contribution is -2.34. The third-order valence-corrected chi connectivity index (χ3v) is 4.74. The second kappa shape index (κ2) is 5.43. The van der Waals surface area contributed by atoms with Gasteiger partial charge in [-0.15, -0.1) is 0 Å². The number of fused-ring (bicyclic) bond motifs is 1. The quantitative estimate of drug-likeness (QED) is 0.930. The normalized spacial score (nSPS) is 20.2. The molecule has 0 amide bonds. The minimum Gasteiger partial charge on any atom is -0.360 e. The molecule has 19 heavy (non-hydrogen) atoms. The number of likely N-dealkylation sites (tertiary alicyclic amines) is 1. The second-order valence-electron chi connectivity index (χ2n) is 4.94. The summed E-state index contributed by atoms with van der Waals surface area (Å²) in [4.78, 5) is 6.93. The zero-order chi connectivity index (χ0) is 13.2. The van der Waals surface area contributed by atoms with Gasteiger partial charge in [0.05, 0.1) is 10.2 Å². The van der Waals surface area contributed by atoms with Gasteiger partial charge >= 0.3 is 0 Å². The van der Waals surface area contributed by atoms with Crippen LogP contribution in [0.2, 0.25) is 0 Å². The van der Waals surface area contributed by atoms with Crippen LogP contribution in [0.15, 0.2) is 18.2 Å². The number of rotatable bonds is 4. The summed E-state index contributed by atoms with van der Waals surface area (Å²) >= 11 is 1.59. The smallest absolute Gasteiger partial charge is 0.183 e. The van der Waals surface area contributed by atoms with Crippen LogP contribution < -0.4 is 5.32 Å². The number of benzene rings is 1. The minimum atomic E-state index is -0.225. The lowest BCUT2D eigenvalue weighted by atomic mass is 10.2. The number of hydrogen-bond acceptors (Lipinski definition) is 4. The number of nitrogens with zero attached hydrogens (tertiary/aromatic N) is 2. The van der Waals surface area contributed by atoms with E-state index in [4.69, 9.17) is 0 Å². The Morgan fingerprint density at radius 2 is 2.42 bits per heavy atom. The van der Waals surface area contributed by atoms with Crippen molar-refractivity contribution < 1.29 is 4.39 Å². The monoisotopic (exact) mass is 279 g/mol. The Morgan fingerprint density at radius 1 is 1.53 bits per heavy atom. The summed E-state index contributed by atoms with van der Waals surface area (Å²) in [5, 5.41) is 4.30. The number of aromatic nitrogens is 1. The first-order valence-electron chi connectivity index (χ1n) is 6.80. The largest absolute Gasteiger partial charge is 0.360 e. The maximum Gasteiger partial charge on any atom is 0.183 e. The van der Waals surface area contributed by atoms with E-state index >= 15 is 0 Å². The zero-order valence-electron chi connectivity index (χ0n) is 11.0. The van der Waals surface area contributed by atoms with E-state index in [2.05, 4.69) is 22.1 Å². The van der Waals surface area contributed by atoms with Crippen molar-refractivity contribution in [2.24, 2.45) is 0 Å². The summed E-state index contributed by atoms with van der Waals surface area (Å²) in [5.74, 6) is -0.225. The number of anilines is 1. The van der Waals surface area contributed by atoms with Gasteiger partial charge in [0, 0.05) is 18.7 Å². The van der Waals surface area contributed by atoms with E-state index in [1.54, 1.807) is 17.4 Å². The maximum absolute atomic E-state index is 13.1. The first-order chi connectivity index (χ1) is 9.26. The van der Waals surface area contributed by atoms with Crippen molar-refractivity contribution in [2.75, 3.05) is 25.0 Å². The fraction of sp³-hybridized carbons (Fsp3) is 0.500. The molecule has 3 nitrogen and oxygen atoms in total. The molecule has 5 heteroatoms. The van der Waals surface area contributed by atoms with E-state index in [0.717, 1.165) is 28.4 Å².